The van der Waals surface area contributed by atoms with Crippen molar-refractivity contribution in [3.05, 3.63) is 68.5 Å². The highest BCUT2D eigenvalue weighted by atomic mass is 16.2. The van der Waals surface area contributed by atoms with Crippen molar-refractivity contribution in [1.82, 2.24) is 14.9 Å². The number of nitrogens with one attached hydrogen (secondary N) is 2. The molecule has 0 aliphatic heterocycles. The van der Waals surface area contributed by atoms with Gasteiger partial charge in [0, 0.05) is 12.3 Å². The summed E-state index contributed by atoms with van der Waals surface area (Å²) in [5.41, 5.74) is 1.34. The van der Waals surface area contributed by atoms with E-state index < -0.39 is 11.2 Å². The van der Waals surface area contributed by atoms with Crippen molar-refractivity contribution in [2.24, 2.45) is 0 Å². The molecule has 1 aliphatic carbocycles. The summed E-state index contributed by atoms with van der Waals surface area (Å²) in [6, 6.07) is 9.23. The summed E-state index contributed by atoms with van der Waals surface area (Å²) in [6.07, 6.45) is 3.13. The molecule has 1 atom stereocenters. The van der Waals surface area contributed by atoms with Gasteiger partial charge in [-0.2, -0.15) is 0 Å². The molecule has 3 rings (SSSR count). The van der Waals surface area contributed by atoms with E-state index in [1.807, 2.05) is 18.2 Å². The predicted octanol–water partition coefficient (Wildman–Crippen LogP) is 0.340. The maximum absolute atomic E-state index is 12.1. The van der Waals surface area contributed by atoms with Crippen molar-refractivity contribution in [3.8, 4) is 0 Å². The molecule has 2 N–H and O–H groups in total. The topological polar surface area (TPSA) is 84.0 Å². The van der Waals surface area contributed by atoms with Gasteiger partial charge >= 0.3 is 5.69 Å². The third kappa shape index (κ3) is 2.79. The summed E-state index contributed by atoms with van der Waals surface area (Å²) in [4.78, 5) is 36.7. The van der Waals surface area contributed by atoms with E-state index in [0.717, 1.165) is 18.4 Å². The summed E-state index contributed by atoms with van der Waals surface area (Å²) in [5, 5.41) is 2.93. The average Bonchev–Trinajstić information content (AvgIpc) is 2.85. The SMILES string of the molecule is O=C(Cn1ccc(=O)[nH]c1=O)N[C@@H]1CCc2ccccc21. The number of benzene rings is 1. The molecule has 21 heavy (non-hydrogen) atoms. The zero-order chi connectivity index (χ0) is 14.8. The summed E-state index contributed by atoms with van der Waals surface area (Å²) in [5.74, 6) is -0.245. The molecule has 0 fully saturated rings. The van der Waals surface area contributed by atoms with Crippen LogP contribution in [-0.2, 0) is 17.8 Å². The van der Waals surface area contributed by atoms with Gasteiger partial charge in [0.1, 0.15) is 6.54 Å². The Labute approximate surface area is 120 Å². The summed E-state index contributed by atoms with van der Waals surface area (Å²) in [6.45, 7) is -0.103. The highest BCUT2D eigenvalue weighted by Crippen LogP contribution is 2.30. The van der Waals surface area contributed by atoms with Gasteiger partial charge in [-0.3, -0.25) is 19.1 Å². The van der Waals surface area contributed by atoms with Crippen LogP contribution in [-0.4, -0.2) is 15.5 Å². The number of amides is 1. The van der Waals surface area contributed by atoms with Crippen LogP contribution in [0, 0.1) is 0 Å². The van der Waals surface area contributed by atoms with Gasteiger partial charge in [0.05, 0.1) is 6.04 Å². The first-order valence-corrected chi connectivity index (χ1v) is 6.80. The van der Waals surface area contributed by atoms with Crippen molar-refractivity contribution in [3.63, 3.8) is 0 Å². The Balaban J connectivity index is 1.71. The van der Waals surface area contributed by atoms with E-state index in [0.29, 0.717) is 0 Å². The Morgan fingerprint density at radius 2 is 2.10 bits per heavy atom. The van der Waals surface area contributed by atoms with Crippen LogP contribution in [0.3, 0.4) is 0 Å². The quantitative estimate of drug-likeness (QED) is 0.853. The van der Waals surface area contributed by atoms with Crippen LogP contribution in [0.2, 0.25) is 0 Å². The third-order valence-electron chi connectivity index (χ3n) is 3.68. The van der Waals surface area contributed by atoms with Crippen LogP contribution in [0.15, 0.2) is 46.1 Å². The lowest BCUT2D eigenvalue weighted by atomic mass is 10.1. The molecule has 0 saturated heterocycles. The van der Waals surface area contributed by atoms with E-state index in [2.05, 4.69) is 16.4 Å². The zero-order valence-electron chi connectivity index (χ0n) is 11.3. The van der Waals surface area contributed by atoms with Crippen LogP contribution < -0.4 is 16.6 Å². The maximum atomic E-state index is 12.1. The Kier molecular flexibility index (Phi) is 3.43. The standard InChI is InChI=1S/C15H15N3O3/c19-13-7-8-18(15(21)17-13)9-14(20)16-12-6-5-10-3-1-2-4-11(10)12/h1-4,7-8,12H,5-6,9H2,(H,16,20)(H,17,19,21)/t12-/m1/s1. The van der Waals surface area contributed by atoms with Crippen LogP contribution in [0.4, 0.5) is 0 Å². The second-order valence-corrected chi connectivity index (χ2v) is 5.10. The number of hydrogen-bond donors (Lipinski definition) is 2. The minimum absolute atomic E-state index is 0.00726. The minimum Gasteiger partial charge on any atom is -0.348 e. The number of aryl methyl sites for hydroxylation is 1. The Morgan fingerprint density at radius 1 is 1.29 bits per heavy atom. The molecule has 0 radical (unpaired) electrons. The first-order valence-electron chi connectivity index (χ1n) is 6.80. The number of aromatic amines is 1. The van der Waals surface area contributed by atoms with E-state index in [-0.39, 0.29) is 18.5 Å². The van der Waals surface area contributed by atoms with Crippen molar-refractivity contribution >= 4 is 5.91 Å². The largest absolute Gasteiger partial charge is 0.348 e. The van der Waals surface area contributed by atoms with E-state index in [4.69, 9.17) is 0 Å². The zero-order valence-corrected chi connectivity index (χ0v) is 11.3. The highest BCUT2D eigenvalue weighted by molar-refractivity contribution is 5.76. The summed E-state index contributed by atoms with van der Waals surface area (Å²) in [7, 11) is 0. The van der Waals surface area contributed by atoms with E-state index in [1.165, 1.54) is 22.4 Å². The van der Waals surface area contributed by atoms with Crippen molar-refractivity contribution < 1.29 is 4.79 Å². The van der Waals surface area contributed by atoms with Crippen molar-refractivity contribution in [2.75, 3.05) is 0 Å². The smallest absolute Gasteiger partial charge is 0.328 e. The van der Waals surface area contributed by atoms with Gasteiger partial charge in [0.2, 0.25) is 5.91 Å². The molecule has 1 aliphatic rings. The van der Waals surface area contributed by atoms with Crippen molar-refractivity contribution in [2.45, 2.75) is 25.4 Å². The third-order valence-corrected chi connectivity index (χ3v) is 3.68. The summed E-state index contributed by atoms with van der Waals surface area (Å²) >= 11 is 0. The lowest BCUT2D eigenvalue weighted by Gasteiger charge is -2.14. The molecule has 2 aromatic rings. The second kappa shape index (κ2) is 5.40. The normalized spacial score (nSPS) is 16.5. The van der Waals surface area contributed by atoms with Crippen LogP contribution in [0.5, 0.6) is 0 Å². The molecule has 0 spiro atoms. The van der Waals surface area contributed by atoms with Crippen LogP contribution >= 0.6 is 0 Å². The molecule has 0 unspecified atom stereocenters. The molecule has 108 valence electrons. The van der Waals surface area contributed by atoms with Gasteiger partial charge < -0.3 is 5.32 Å². The number of hydrogen-bond acceptors (Lipinski definition) is 3. The molecule has 1 aromatic carbocycles. The molecule has 0 bridgehead atoms. The molecule has 1 heterocycles. The first kappa shape index (κ1) is 13.4. The summed E-state index contributed by atoms with van der Waals surface area (Å²) < 4.78 is 1.18. The van der Waals surface area contributed by atoms with Gasteiger partial charge in [-0.1, -0.05) is 24.3 Å². The number of carbonyl (C=O) groups is 1. The monoisotopic (exact) mass is 285 g/mol. The number of H-pyrrole nitrogens is 1. The number of aromatic nitrogens is 2. The number of fused-ring (bicyclic) bond motifs is 1. The number of carbonyl (C=O) groups excluding carboxylic acids is 1. The minimum atomic E-state index is -0.579. The molecule has 6 heteroatoms. The van der Waals surface area contributed by atoms with E-state index >= 15 is 0 Å². The van der Waals surface area contributed by atoms with Gasteiger partial charge in [-0.05, 0) is 24.0 Å². The van der Waals surface area contributed by atoms with Crippen LogP contribution in [0.1, 0.15) is 23.6 Å². The first-order chi connectivity index (χ1) is 10.1. The highest BCUT2D eigenvalue weighted by Gasteiger charge is 2.23. The Bertz CT molecular complexity index is 791. The van der Waals surface area contributed by atoms with Crippen molar-refractivity contribution in [1.29, 1.82) is 0 Å². The fourth-order valence-electron chi connectivity index (χ4n) is 2.67. The van der Waals surface area contributed by atoms with E-state index in [1.54, 1.807) is 0 Å². The molecular weight excluding hydrogens is 270 g/mol. The Hall–Kier alpha value is -2.63. The molecule has 1 aromatic heterocycles. The van der Waals surface area contributed by atoms with Crippen LogP contribution in [0.25, 0.3) is 0 Å². The maximum Gasteiger partial charge on any atom is 0.328 e. The lowest BCUT2D eigenvalue weighted by molar-refractivity contribution is -0.122. The van der Waals surface area contributed by atoms with Gasteiger partial charge in [-0.25, -0.2) is 4.79 Å². The lowest BCUT2D eigenvalue weighted by Crippen LogP contribution is -2.36. The second-order valence-electron chi connectivity index (χ2n) is 5.10. The fourth-order valence-corrected chi connectivity index (χ4v) is 2.67. The van der Waals surface area contributed by atoms with Gasteiger partial charge in [0.25, 0.3) is 5.56 Å². The molecule has 0 saturated carbocycles. The molecule has 6 nitrogen and oxygen atoms in total. The average molecular weight is 285 g/mol. The molecule has 1 amide bonds. The molecular formula is C15H15N3O3. The number of rotatable bonds is 3. The van der Waals surface area contributed by atoms with Gasteiger partial charge in [-0.15, -0.1) is 0 Å². The fraction of sp³-hybridized carbons (Fsp3) is 0.267. The number of nitrogens with zero attached hydrogens (tertiary/aromatic N) is 1. The van der Waals surface area contributed by atoms with Gasteiger partial charge in [0.15, 0.2) is 0 Å². The van der Waals surface area contributed by atoms with E-state index in [9.17, 15) is 14.4 Å². The predicted molar refractivity (Wildman–Crippen MR) is 77.0 cm³/mol. The Morgan fingerprint density at radius 3 is 2.90 bits per heavy atom.